The van der Waals surface area contributed by atoms with E-state index in [1.807, 2.05) is 25.1 Å². The topological polar surface area (TPSA) is 185 Å². The number of nitrogens with one attached hydrogen (secondary N) is 2. The van der Waals surface area contributed by atoms with E-state index in [0.29, 0.717) is 61.7 Å². The van der Waals surface area contributed by atoms with Gasteiger partial charge in [-0.25, -0.2) is 27.0 Å². The molecule has 5 aliphatic rings. The summed E-state index contributed by atoms with van der Waals surface area (Å²) < 4.78 is 70.7. The summed E-state index contributed by atoms with van der Waals surface area (Å²) in [7, 11) is -4.08. The molecule has 0 bridgehead atoms. The molecule has 1 aromatic heterocycles. The molecule has 0 unspecified atom stereocenters. The molecule has 2 aromatic rings. The van der Waals surface area contributed by atoms with Crippen LogP contribution in [-0.4, -0.2) is 105 Å². The number of fused-ring (bicyclic) bond motifs is 5. The van der Waals surface area contributed by atoms with Crippen molar-refractivity contribution in [1.29, 1.82) is 0 Å². The number of ether oxygens (including phenoxy) is 2. The van der Waals surface area contributed by atoms with E-state index in [4.69, 9.17) is 9.47 Å². The molecule has 3 aliphatic heterocycles. The number of sulfonamides is 1. The summed E-state index contributed by atoms with van der Waals surface area (Å²) in [6.45, 7) is 8.15. The SMILES string of the molecule is C[C@H]1CCC=C[C@@H]2C[C@@]2(C(=O)NS(=O)(=O)C2(C)CC2)NC(=O)[C@@H]2C[C@@H](Oc3nccc4c5c(ccc34)CCO5)CN2C(=O)[C@@H](N(C(=O)O)C(C)(C)C(C)(F)F)[C@H](C)C1. The Bertz CT molecular complexity index is 2160. The second kappa shape index (κ2) is 14.6. The lowest BCUT2D eigenvalue weighted by Gasteiger charge is -2.47. The molecular weight excluding hydrogens is 777 g/mol. The minimum atomic E-state index is -4.08. The second-order valence-electron chi connectivity index (χ2n) is 17.9. The minimum Gasteiger partial charge on any atom is -0.492 e. The lowest BCUT2D eigenvalue weighted by Crippen LogP contribution is -2.66. The highest BCUT2D eigenvalue weighted by Crippen LogP contribution is 2.48. The number of hydrogen-bond acceptors (Lipinski definition) is 9. The zero-order valence-corrected chi connectivity index (χ0v) is 34.5. The molecule has 7 atom stereocenters. The van der Waals surface area contributed by atoms with Crippen LogP contribution in [0.2, 0.25) is 0 Å². The van der Waals surface area contributed by atoms with Gasteiger partial charge in [0.05, 0.1) is 17.9 Å². The quantitative estimate of drug-likeness (QED) is 0.300. The molecule has 58 heavy (non-hydrogen) atoms. The lowest BCUT2D eigenvalue weighted by molar-refractivity contribution is -0.156. The summed E-state index contributed by atoms with van der Waals surface area (Å²) in [5.41, 5.74) is -2.99. The van der Waals surface area contributed by atoms with Gasteiger partial charge in [-0.2, -0.15) is 0 Å². The highest BCUT2D eigenvalue weighted by Gasteiger charge is 2.63. The van der Waals surface area contributed by atoms with Crippen LogP contribution in [0.4, 0.5) is 13.6 Å². The predicted molar refractivity (Wildman–Crippen MR) is 209 cm³/mol. The van der Waals surface area contributed by atoms with Gasteiger partial charge in [0.15, 0.2) is 0 Å². The van der Waals surface area contributed by atoms with Crippen molar-refractivity contribution in [3.05, 3.63) is 42.1 Å². The molecule has 3 fully saturated rings. The smallest absolute Gasteiger partial charge is 0.408 e. The first-order valence-corrected chi connectivity index (χ1v) is 21.5. The summed E-state index contributed by atoms with van der Waals surface area (Å²) in [5.74, 6) is -6.66. The average Bonchev–Trinajstić information content (AvgIpc) is 3.91. The van der Waals surface area contributed by atoms with E-state index in [-0.39, 0.29) is 31.2 Å². The molecule has 4 heterocycles. The fourth-order valence-corrected chi connectivity index (χ4v) is 10.1. The van der Waals surface area contributed by atoms with E-state index in [9.17, 15) is 27.9 Å². The predicted octanol–water partition coefficient (Wildman–Crippen LogP) is 5.19. The number of carboxylic acid groups (broad SMARTS) is 1. The van der Waals surface area contributed by atoms with E-state index in [1.165, 1.54) is 0 Å². The van der Waals surface area contributed by atoms with Crippen molar-refractivity contribution in [3.8, 4) is 11.6 Å². The Kier molecular flexibility index (Phi) is 10.5. The molecule has 2 saturated carbocycles. The van der Waals surface area contributed by atoms with Crippen LogP contribution in [0.15, 0.2) is 36.5 Å². The molecule has 1 saturated heterocycles. The number of carbonyl (C=O) groups is 4. The molecule has 17 heteroatoms. The molecular formula is C41H53F2N5O9S. The number of aromatic nitrogens is 1. The van der Waals surface area contributed by atoms with Crippen molar-refractivity contribution in [2.24, 2.45) is 17.8 Å². The van der Waals surface area contributed by atoms with Crippen LogP contribution >= 0.6 is 0 Å². The van der Waals surface area contributed by atoms with Crippen LogP contribution in [0, 0.1) is 17.8 Å². The van der Waals surface area contributed by atoms with Gasteiger partial charge in [-0.05, 0) is 88.8 Å². The van der Waals surface area contributed by atoms with Crippen molar-refractivity contribution in [1.82, 2.24) is 24.8 Å². The number of benzene rings is 1. The zero-order valence-electron chi connectivity index (χ0n) is 33.7. The standard InChI is InChI=1S/C41H53F2N5O9S/c1-23-9-7-8-10-26-21-41(26,36(51)46-58(54,55)39(5)15-16-39)45-33(49)30-20-27(57-34-29-12-11-25-14-18-56-32(25)28(29)13-17-44-34)22-47(30)35(50)31(24(2)19-23)48(37(52)53)38(3,4)40(6,42)43/h8,10-13,17,23-24,26-27,30-31H,7,9,14-16,18-22H2,1-6H3,(H,45,49)(H,46,51)(H,52,53)/t23-,24+,26+,27+,30-,31-,41+/m0/s1. The van der Waals surface area contributed by atoms with Gasteiger partial charge in [-0.1, -0.05) is 32.1 Å². The first kappa shape index (κ1) is 41.6. The van der Waals surface area contributed by atoms with Gasteiger partial charge in [0, 0.05) is 42.7 Å². The van der Waals surface area contributed by atoms with Crippen molar-refractivity contribution >= 4 is 44.6 Å². The van der Waals surface area contributed by atoms with Crippen LogP contribution in [-0.2, 0) is 30.8 Å². The van der Waals surface area contributed by atoms with Gasteiger partial charge in [-0.3, -0.25) is 24.0 Å². The van der Waals surface area contributed by atoms with E-state index in [2.05, 4.69) is 15.0 Å². The van der Waals surface area contributed by atoms with Crippen LogP contribution in [0.25, 0.3) is 10.8 Å². The number of rotatable bonds is 8. The molecule has 0 radical (unpaired) electrons. The minimum absolute atomic E-state index is 0.0919. The van der Waals surface area contributed by atoms with Crippen LogP contribution < -0.4 is 19.5 Å². The Morgan fingerprint density at radius 3 is 2.52 bits per heavy atom. The Labute approximate surface area is 337 Å². The zero-order chi connectivity index (χ0) is 42.2. The third kappa shape index (κ3) is 7.36. The monoisotopic (exact) mass is 829 g/mol. The number of halogens is 2. The Balaban J connectivity index is 1.29. The summed E-state index contributed by atoms with van der Waals surface area (Å²) >= 11 is 0. The van der Waals surface area contributed by atoms with E-state index in [1.54, 1.807) is 32.2 Å². The largest absolute Gasteiger partial charge is 0.492 e. The maximum Gasteiger partial charge on any atom is 0.408 e. The summed E-state index contributed by atoms with van der Waals surface area (Å²) in [6, 6.07) is 2.55. The molecule has 1 aromatic carbocycles. The number of amides is 4. The van der Waals surface area contributed by atoms with E-state index < -0.39 is 85.6 Å². The summed E-state index contributed by atoms with van der Waals surface area (Å²) in [4.78, 5) is 63.0. The van der Waals surface area contributed by atoms with Crippen LogP contribution in [0.1, 0.15) is 92.1 Å². The summed E-state index contributed by atoms with van der Waals surface area (Å²) in [5, 5.41) is 14.8. The third-order valence-corrected chi connectivity index (χ3v) is 15.4. The molecule has 2 aliphatic carbocycles. The van der Waals surface area contributed by atoms with Crippen molar-refractivity contribution < 1.29 is 51.0 Å². The maximum atomic E-state index is 15.4. The Hall–Kier alpha value is -4.54. The molecule has 4 amide bonds. The molecule has 3 N–H and O–H groups in total. The Morgan fingerprint density at radius 2 is 1.84 bits per heavy atom. The first-order valence-electron chi connectivity index (χ1n) is 20.1. The second-order valence-corrected chi connectivity index (χ2v) is 20.1. The van der Waals surface area contributed by atoms with Gasteiger partial charge in [0.1, 0.15) is 35.0 Å². The number of hydrogen-bond donors (Lipinski definition) is 3. The van der Waals surface area contributed by atoms with Gasteiger partial charge >= 0.3 is 6.09 Å². The molecule has 7 rings (SSSR count). The lowest BCUT2D eigenvalue weighted by atomic mass is 9.84. The van der Waals surface area contributed by atoms with Crippen LogP contribution in [0.5, 0.6) is 11.6 Å². The Morgan fingerprint density at radius 1 is 1.12 bits per heavy atom. The number of allylic oxidation sites excluding steroid dienone is 1. The van der Waals surface area contributed by atoms with Gasteiger partial charge in [0.25, 0.3) is 11.8 Å². The fraction of sp³-hybridized carbons (Fsp3) is 0.634. The van der Waals surface area contributed by atoms with E-state index in [0.717, 1.165) is 36.1 Å². The molecule has 0 spiro atoms. The maximum absolute atomic E-state index is 15.4. The average molecular weight is 830 g/mol. The van der Waals surface area contributed by atoms with Gasteiger partial charge < -0.3 is 24.8 Å². The normalized spacial score (nSPS) is 29.8. The first-order chi connectivity index (χ1) is 27.1. The molecule has 316 valence electrons. The van der Waals surface area contributed by atoms with Crippen molar-refractivity contribution in [2.75, 3.05) is 13.2 Å². The third-order valence-electron chi connectivity index (χ3n) is 13.2. The molecule has 14 nitrogen and oxygen atoms in total. The summed E-state index contributed by atoms with van der Waals surface area (Å²) in [6.07, 6.45) is 5.46. The number of carbonyl (C=O) groups excluding carboxylic acids is 3. The van der Waals surface area contributed by atoms with E-state index >= 15 is 13.6 Å². The highest BCUT2D eigenvalue weighted by molar-refractivity contribution is 7.91. The number of nitrogens with zero attached hydrogens (tertiary/aromatic N) is 3. The number of alkyl halides is 2. The van der Waals surface area contributed by atoms with Crippen molar-refractivity contribution in [3.63, 3.8) is 0 Å². The van der Waals surface area contributed by atoms with Crippen molar-refractivity contribution in [2.45, 2.75) is 133 Å². The fourth-order valence-electron chi connectivity index (χ4n) is 8.79. The highest BCUT2D eigenvalue weighted by atomic mass is 32.2. The van der Waals surface area contributed by atoms with Gasteiger partial charge in [0.2, 0.25) is 27.7 Å². The van der Waals surface area contributed by atoms with Crippen LogP contribution in [0.3, 0.4) is 0 Å². The van der Waals surface area contributed by atoms with Gasteiger partial charge in [-0.15, -0.1) is 0 Å². The number of pyridine rings is 1.